The fraction of sp³-hybridized carbons (Fsp3) is 0.773. The zero-order valence-electron chi connectivity index (χ0n) is 16.3. The number of allylic oxidation sites excluding steroid dienone is 3. The Kier molecular flexibility index (Phi) is 4.68. The van der Waals surface area contributed by atoms with E-state index in [4.69, 9.17) is 4.74 Å². The van der Waals surface area contributed by atoms with Crippen LogP contribution in [0.2, 0.25) is 0 Å². The summed E-state index contributed by atoms with van der Waals surface area (Å²) < 4.78 is 5.65. The van der Waals surface area contributed by atoms with Crippen LogP contribution in [0.5, 0.6) is 0 Å². The second-order valence-electron chi connectivity index (χ2n) is 9.50. The molecule has 2 fully saturated rings. The van der Waals surface area contributed by atoms with Crippen molar-refractivity contribution in [3.8, 4) is 0 Å². The molecule has 0 aliphatic heterocycles. The molecule has 3 rings (SSSR count). The van der Waals surface area contributed by atoms with Crippen molar-refractivity contribution >= 4 is 5.97 Å². The molecule has 3 aliphatic carbocycles. The molecule has 3 heteroatoms. The molecule has 0 saturated heterocycles. The van der Waals surface area contributed by atoms with E-state index >= 15 is 0 Å². The predicted molar refractivity (Wildman–Crippen MR) is 99.9 cm³/mol. The maximum absolute atomic E-state index is 11.6. The Morgan fingerprint density at radius 3 is 2.68 bits per heavy atom. The van der Waals surface area contributed by atoms with Gasteiger partial charge < -0.3 is 9.84 Å². The van der Waals surface area contributed by atoms with Gasteiger partial charge in [-0.1, -0.05) is 38.5 Å². The molecule has 25 heavy (non-hydrogen) atoms. The molecule has 1 N–H and O–H groups in total. The molecule has 3 aliphatic rings. The lowest BCUT2D eigenvalue weighted by Crippen LogP contribution is -2.58. The van der Waals surface area contributed by atoms with Gasteiger partial charge in [0.05, 0.1) is 6.61 Å². The van der Waals surface area contributed by atoms with Crippen LogP contribution in [-0.2, 0) is 9.53 Å². The Morgan fingerprint density at radius 2 is 2.08 bits per heavy atom. The molecule has 3 nitrogen and oxygen atoms in total. The quantitative estimate of drug-likeness (QED) is 0.597. The maximum atomic E-state index is 11.6. The minimum Gasteiger partial charge on any atom is -0.462 e. The standard InChI is InChI=1S/C22H34O3/c1-6-20(3)11-9-17-16(13-20)7-8-18-21(17,4)12-10-19(25-15(2)24)22(18,5)14-23/h6-7,17-19,23H,1,8-14H2,2-5H3/t17-,18+,19-,20-,21+,22+/m0/s1. The van der Waals surface area contributed by atoms with E-state index in [1.165, 1.54) is 19.8 Å². The molecular formula is C22H34O3. The highest BCUT2D eigenvalue weighted by molar-refractivity contribution is 5.66. The van der Waals surface area contributed by atoms with E-state index in [0.29, 0.717) is 11.8 Å². The molecule has 140 valence electrons. The summed E-state index contributed by atoms with van der Waals surface area (Å²) in [5.41, 5.74) is 1.64. The zero-order valence-corrected chi connectivity index (χ0v) is 16.3. The molecule has 0 aromatic carbocycles. The van der Waals surface area contributed by atoms with E-state index < -0.39 is 0 Å². The van der Waals surface area contributed by atoms with Crippen LogP contribution in [-0.4, -0.2) is 23.8 Å². The lowest BCUT2D eigenvalue weighted by Gasteiger charge is -2.61. The number of ether oxygens (including phenoxy) is 1. The van der Waals surface area contributed by atoms with Crippen LogP contribution in [0.3, 0.4) is 0 Å². The van der Waals surface area contributed by atoms with Crippen LogP contribution in [0.25, 0.3) is 0 Å². The third-order valence-electron chi connectivity index (χ3n) is 7.89. The van der Waals surface area contributed by atoms with Crippen LogP contribution >= 0.6 is 0 Å². The van der Waals surface area contributed by atoms with Crippen molar-refractivity contribution in [1.29, 1.82) is 0 Å². The van der Waals surface area contributed by atoms with E-state index in [9.17, 15) is 9.90 Å². The highest BCUT2D eigenvalue weighted by Crippen LogP contribution is 2.64. The molecule has 0 heterocycles. The summed E-state index contributed by atoms with van der Waals surface area (Å²) >= 11 is 0. The van der Waals surface area contributed by atoms with Crippen LogP contribution in [0.15, 0.2) is 24.3 Å². The van der Waals surface area contributed by atoms with Crippen LogP contribution in [0, 0.1) is 28.1 Å². The number of carbonyl (C=O) groups is 1. The minimum atomic E-state index is -0.361. The summed E-state index contributed by atoms with van der Waals surface area (Å²) in [6.45, 7) is 12.5. The molecular weight excluding hydrogens is 312 g/mol. The topological polar surface area (TPSA) is 46.5 Å². The van der Waals surface area contributed by atoms with E-state index in [1.807, 2.05) is 0 Å². The molecule has 0 amide bonds. The molecule has 0 spiro atoms. The SMILES string of the molecule is C=C[C@@]1(C)CC[C@H]2C(=CC[C@@H]3[C@]2(C)CC[C@H](OC(C)=O)[C@]3(C)CO)C1. The number of esters is 1. The van der Waals surface area contributed by atoms with Gasteiger partial charge in [0, 0.05) is 12.3 Å². The van der Waals surface area contributed by atoms with Gasteiger partial charge in [-0.05, 0) is 61.2 Å². The first-order valence-corrected chi connectivity index (χ1v) is 9.79. The Hall–Kier alpha value is -1.09. The van der Waals surface area contributed by atoms with Gasteiger partial charge in [-0.3, -0.25) is 4.79 Å². The zero-order chi connectivity index (χ0) is 18.5. The van der Waals surface area contributed by atoms with Gasteiger partial charge >= 0.3 is 5.97 Å². The molecule has 0 radical (unpaired) electrons. The number of fused-ring (bicyclic) bond motifs is 3. The van der Waals surface area contributed by atoms with Crippen molar-refractivity contribution in [3.05, 3.63) is 24.3 Å². The second kappa shape index (κ2) is 6.26. The Morgan fingerprint density at radius 1 is 1.36 bits per heavy atom. The summed E-state index contributed by atoms with van der Waals surface area (Å²) in [6.07, 6.45) is 10.8. The van der Waals surface area contributed by atoms with Gasteiger partial charge in [0.1, 0.15) is 6.10 Å². The van der Waals surface area contributed by atoms with E-state index in [1.54, 1.807) is 5.57 Å². The lowest BCUT2D eigenvalue weighted by atomic mass is 9.45. The minimum absolute atomic E-state index is 0.0749. The number of rotatable bonds is 3. The number of hydrogen-bond acceptors (Lipinski definition) is 3. The summed E-state index contributed by atoms with van der Waals surface area (Å²) in [6, 6.07) is 0. The third kappa shape index (κ3) is 2.89. The van der Waals surface area contributed by atoms with E-state index in [0.717, 1.165) is 25.7 Å². The summed E-state index contributed by atoms with van der Waals surface area (Å²) in [4.78, 5) is 11.6. The van der Waals surface area contributed by atoms with Crippen molar-refractivity contribution in [1.82, 2.24) is 0 Å². The number of aliphatic hydroxyl groups is 1. The third-order valence-corrected chi connectivity index (χ3v) is 7.89. The number of aliphatic hydroxyl groups excluding tert-OH is 1. The first kappa shape index (κ1) is 18.7. The number of hydrogen-bond donors (Lipinski definition) is 1. The van der Waals surface area contributed by atoms with Crippen molar-refractivity contribution in [2.75, 3.05) is 6.61 Å². The van der Waals surface area contributed by atoms with Gasteiger partial charge in [0.2, 0.25) is 0 Å². The normalized spacial score (nSPS) is 46.4. The first-order chi connectivity index (χ1) is 11.7. The largest absolute Gasteiger partial charge is 0.462 e. The molecule has 0 aromatic rings. The Labute approximate surface area is 152 Å². The second-order valence-corrected chi connectivity index (χ2v) is 9.50. The van der Waals surface area contributed by atoms with Crippen molar-refractivity contribution < 1.29 is 14.6 Å². The van der Waals surface area contributed by atoms with E-state index in [-0.39, 0.29) is 34.9 Å². The van der Waals surface area contributed by atoms with Crippen LogP contribution in [0.4, 0.5) is 0 Å². The van der Waals surface area contributed by atoms with Crippen molar-refractivity contribution in [2.24, 2.45) is 28.1 Å². The van der Waals surface area contributed by atoms with Crippen LogP contribution in [0.1, 0.15) is 66.2 Å². The van der Waals surface area contributed by atoms with Gasteiger partial charge in [-0.2, -0.15) is 0 Å². The highest BCUT2D eigenvalue weighted by Gasteiger charge is 2.59. The van der Waals surface area contributed by atoms with E-state index in [2.05, 4.69) is 39.5 Å². The predicted octanol–water partition coefficient (Wildman–Crippen LogP) is 4.66. The highest BCUT2D eigenvalue weighted by atomic mass is 16.5. The fourth-order valence-corrected chi connectivity index (χ4v) is 6.23. The summed E-state index contributed by atoms with van der Waals surface area (Å²) in [5.74, 6) is 0.702. The number of carbonyl (C=O) groups excluding carboxylic acids is 1. The van der Waals surface area contributed by atoms with Gasteiger partial charge in [-0.15, -0.1) is 6.58 Å². The smallest absolute Gasteiger partial charge is 0.302 e. The molecule has 0 bridgehead atoms. The van der Waals surface area contributed by atoms with Crippen molar-refractivity contribution in [3.63, 3.8) is 0 Å². The van der Waals surface area contributed by atoms with Gasteiger partial charge in [-0.25, -0.2) is 0 Å². The average Bonchev–Trinajstić information content (AvgIpc) is 2.57. The van der Waals surface area contributed by atoms with Crippen LogP contribution < -0.4 is 0 Å². The van der Waals surface area contributed by atoms with Gasteiger partial charge in [0.25, 0.3) is 0 Å². The Bertz CT molecular complexity index is 594. The molecule has 6 atom stereocenters. The fourth-order valence-electron chi connectivity index (χ4n) is 6.23. The lowest BCUT2D eigenvalue weighted by molar-refractivity contribution is -0.183. The Balaban J connectivity index is 1.94. The average molecular weight is 347 g/mol. The molecule has 0 unspecified atom stereocenters. The monoisotopic (exact) mass is 346 g/mol. The maximum Gasteiger partial charge on any atom is 0.302 e. The summed E-state index contributed by atoms with van der Waals surface area (Å²) in [7, 11) is 0. The van der Waals surface area contributed by atoms with Crippen molar-refractivity contribution in [2.45, 2.75) is 72.3 Å². The molecule has 0 aromatic heterocycles. The first-order valence-electron chi connectivity index (χ1n) is 9.79. The molecule has 2 saturated carbocycles. The summed E-state index contributed by atoms with van der Waals surface area (Å²) in [5, 5.41) is 10.3. The van der Waals surface area contributed by atoms with Gasteiger partial charge in [0.15, 0.2) is 0 Å².